The third-order valence-corrected chi connectivity index (χ3v) is 3.06. The second-order valence-corrected chi connectivity index (χ2v) is 4.58. The van der Waals surface area contributed by atoms with Crippen molar-refractivity contribution in [2.75, 3.05) is 40.1 Å². The molecule has 108 valence electrons. The van der Waals surface area contributed by atoms with Crippen molar-refractivity contribution in [3.63, 3.8) is 0 Å². The third kappa shape index (κ3) is 6.20. The van der Waals surface area contributed by atoms with Gasteiger partial charge in [-0.05, 0) is 22.0 Å². The summed E-state index contributed by atoms with van der Waals surface area (Å²) in [5.74, 6) is -0.938. The van der Waals surface area contributed by atoms with Gasteiger partial charge in [0.15, 0.2) is 0 Å². The van der Waals surface area contributed by atoms with Gasteiger partial charge in [-0.2, -0.15) is 0 Å². The first-order chi connectivity index (χ1) is 9.15. The molecule has 0 saturated carbocycles. The molecule has 0 aromatic carbocycles. The molecule has 1 rings (SSSR count). The van der Waals surface area contributed by atoms with Crippen LogP contribution in [0.4, 0.5) is 0 Å². The van der Waals surface area contributed by atoms with E-state index in [0.29, 0.717) is 39.6 Å². The minimum atomic E-state index is -0.938. The summed E-state index contributed by atoms with van der Waals surface area (Å²) < 4.78 is 18.0. The summed E-state index contributed by atoms with van der Waals surface area (Å²) in [4.78, 5) is 10.8. The first kappa shape index (κ1) is 16.2. The van der Waals surface area contributed by atoms with E-state index >= 15 is 0 Å². The second kappa shape index (κ2) is 9.08. The molecule has 0 unspecified atom stereocenters. The summed E-state index contributed by atoms with van der Waals surface area (Å²) in [5, 5.41) is 8.84. The minimum Gasteiger partial charge on any atom is -0.478 e. The van der Waals surface area contributed by atoms with E-state index in [-0.39, 0.29) is 5.56 Å². The fourth-order valence-corrected chi connectivity index (χ4v) is 1.92. The molecule has 1 N–H and O–H groups in total. The zero-order valence-electron chi connectivity index (χ0n) is 10.8. The van der Waals surface area contributed by atoms with Crippen LogP contribution in [-0.4, -0.2) is 55.8 Å². The Kier molecular flexibility index (Phi) is 7.73. The highest BCUT2D eigenvalue weighted by molar-refractivity contribution is 9.10. The van der Waals surface area contributed by atoms with Gasteiger partial charge in [0, 0.05) is 19.9 Å². The highest BCUT2D eigenvalue weighted by Gasteiger charge is 2.08. The fraction of sp³-hybridized carbons (Fsp3) is 0.583. The molecule has 1 aromatic heterocycles. The molecular formula is C12H18BrNO5. The zero-order chi connectivity index (χ0) is 14.1. The quantitative estimate of drug-likeness (QED) is 0.658. The highest BCUT2D eigenvalue weighted by Crippen LogP contribution is 2.15. The van der Waals surface area contributed by atoms with Gasteiger partial charge in [0.1, 0.15) is 0 Å². The lowest BCUT2D eigenvalue weighted by atomic mass is 10.4. The normalized spacial score (nSPS) is 10.8. The molecule has 0 saturated heterocycles. The summed E-state index contributed by atoms with van der Waals surface area (Å²) in [5.41, 5.74) is 0.259. The molecule has 0 aliphatic carbocycles. The van der Waals surface area contributed by atoms with Gasteiger partial charge in [0.25, 0.3) is 0 Å². The van der Waals surface area contributed by atoms with Crippen molar-refractivity contribution in [1.29, 1.82) is 0 Å². The van der Waals surface area contributed by atoms with E-state index in [1.165, 1.54) is 0 Å². The van der Waals surface area contributed by atoms with Gasteiger partial charge in [-0.25, -0.2) is 4.79 Å². The molecule has 0 amide bonds. The second-order valence-electron chi connectivity index (χ2n) is 3.77. The Morgan fingerprint density at radius 1 is 1.26 bits per heavy atom. The van der Waals surface area contributed by atoms with Crippen molar-refractivity contribution in [3.8, 4) is 0 Å². The average Bonchev–Trinajstić information content (AvgIpc) is 2.74. The SMILES string of the molecule is COCCOCCOCCn1cc(C(=O)O)cc1Br. The van der Waals surface area contributed by atoms with E-state index in [0.717, 1.165) is 4.60 Å². The zero-order valence-corrected chi connectivity index (χ0v) is 12.4. The number of nitrogens with zero attached hydrogens (tertiary/aromatic N) is 1. The number of methoxy groups -OCH3 is 1. The predicted molar refractivity (Wildman–Crippen MR) is 72.6 cm³/mol. The maximum Gasteiger partial charge on any atom is 0.337 e. The van der Waals surface area contributed by atoms with Crippen LogP contribution in [0.3, 0.4) is 0 Å². The van der Waals surface area contributed by atoms with Crippen LogP contribution < -0.4 is 0 Å². The number of carboxylic acid groups (broad SMARTS) is 1. The third-order valence-electron chi connectivity index (χ3n) is 2.37. The van der Waals surface area contributed by atoms with E-state index in [4.69, 9.17) is 19.3 Å². The van der Waals surface area contributed by atoms with Crippen LogP contribution in [0.25, 0.3) is 0 Å². The van der Waals surface area contributed by atoms with E-state index in [2.05, 4.69) is 15.9 Å². The van der Waals surface area contributed by atoms with Crippen molar-refractivity contribution in [2.45, 2.75) is 6.54 Å². The lowest BCUT2D eigenvalue weighted by Gasteiger charge is -2.07. The number of ether oxygens (including phenoxy) is 3. The van der Waals surface area contributed by atoms with Gasteiger partial charge in [-0.1, -0.05) is 0 Å². The molecule has 1 aromatic rings. The Morgan fingerprint density at radius 3 is 2.47 bits per heavy atom. The average molecular weight is 336 g/mol. The lowest BCUT2D eigenvalue weighted by molar-refractivity contribution is 0.0230. The van der Waals surface area contributed by atoms with Crippen LogP contribution in [0, 0.1) is 0 Å². The fourth-order valence-electron chi connectivity index (χ4n) is 1.39. The molecule has 1 heterocycles. The number of hydrogen-bond donors (Lipinski definition) is 1. The molecule has 0 aliphatic heterocycles. The molecule has 0 spiro atoms. The first-order valence-electron chi connectivity index (χ1n) is 5.88. The van der Waals surface area contributed by atoms with Crippen LogP contribution in [-0.2, 0) is 20.8 Å². The van der Waals surface area contributed by atoms with Gasteiger partial charge in [0.05, 0.1) is 43.2 Å². The summed E-state index contributed by atoms with van der Waals surface area (Å²) >= 11 is 3.30. The van der Waals surface area contributed by atoms with Gasteiger partial charge in [0.2, 0.25) is 0 Å². The topological polar surface area (TPSA) is 69.9 Å². The Balaban J connectivity index is 2.14. The monoisotopic (exact) mass is 335 g/mol. The Hall–Kier alpha value is -0.890. The van der Waals surface area contributed by atoms with Crippen LogP contribution in [0.15, 0.2) is 16.9 Å². The molecular weight excluding hydrogens is 318 g/mol. The van der Waals surface area contributed by atoms with Crippen LogP contribution in [0.2, 0.25) is 0 Å². The number of carbonyl (C=O) groups is 1. The number of hydrogen-bond acceptors (Lipinski definition) is 4. The smallest absolute Gasteiger partial charge is 0.337 e. The van der Waals surface area contributed by atoms with Gasteiger partial charge in [-0.3, -0.25) is 0 Å². The van der Waals surface area contributed by atoms with Crippen LogP contribution >= 0.6 is 15.9 Å². The number of aromatic nitrogens is 1. The molecule has 6 nitrogen and oxygen atoms in total. The predicted octanol–water partition coefficient (Wildman–Crippen LogP) is 1.63. The molecule has 19 heavy (non-hydrogen) atoms. The lowest BCUT2D eigenvalue weighted by Crippen LogP contribution is -2.11. The van der Waals surface area contributed by atoms with Crippen molar-refractivity contribution in [1.82, 2.24) is 4.57 Å². The van der Waals surface area contributed by atoms with E-state index in [1.807, 2.05) is 0 Å². The summed E-state index contributed by atoms with van der Waals surface area (Å²) in [6.45, 7) is 3.26. The Morgan fingerprint density at radius 2 is 1.89 bits per heavy atom. The van der Waals surface area contributed by atoms with Gasteiger partial charge >= 0.3 is 5.97 Å². The van der Waals surface area contributed by atoms with Gasteiger partial charge < -0.3 is 23.9 Å². The van der Waals surface area contributed by atoms with Gasteiger partial charge in [-0.15, -0.1) is 0 Å². The Labute approximate surface area is 120 Å². The molecule has 0 radical (unpaired) electrons. The maximum atomic E-state index is 10.8. The highest BCUT2D eigenvalue weighted by atomic mass is 79.9. The summed E-state index contributed by atoms with van der Waals surface area (Å²) in [6.07, 6.45) is 1.57. The molecule has 7 heteroatoms. The van der Waals surface area contributed by atoms with E-state index in [1.54, 1.807) is 23.9 Å². The number of aromatic carboxylic acids is 1. The molecule has 0 atom stereocenters. The van der Waals surface area contributed by atoms with Crippen molar-refractivity contribution in [2.24, 2.45) is 0 Å². The largest absolute Gasteiger partial charge is 0.478 e. The molecule has 0 bridgehead atoms. The molecule has 0 fully saturated rings. The molecule has 0 aliphatic rings. The summed E-state index contributed by atoms with van der Waals surface area (Å²) in [7, 11) is 1.63. The minimum absolute atomic E-state index is 0.259. The first-order valence-corrected chi connectivity index (χ1v) is 6.68. The van der Waals surface area contributed by atoms with E-state index in [9.17, 15) is 4.79 Å². The van der Waals surface area contributed by atoms with Crippen molar-refractivity contribution in [3.05, 3.63) is 22.4 Å². The van der Waals surface area contributed by atoms with E-state index < -0.39 is 5.97 Å². The number of rotatable bonds is 10. The van der Waals surface area contributed by atoms with Crippen molar-refractivity contribution < 1.29 is 24.1 Å². The Bertz CT molecular complexity index is 393. The number of halogens is 1. The number of carboxylic acids is 1. The van der Waals surface area contributed by atoms with Crippen LogP contribution in [0.5, 0.6) is 0 Å². The van der Waals surface area contributed by atoms with Crippen LogP contribution in [0.1, 0.15) is 10.4 Å². The maximum absolute atomic E-state index is 10.8. The standard InChI is InChI=1S/C12H18BrNO5/c1-17-4-5-19-7-6-18-3-2-14-9-10(12(15)16)8-11(14)13/h8-9H,2-7H2,1H3,(H,15,16). The summed E-state index contributed by atoms with van der Waals surface area (Å²) in [6, 6.07) is 1.57. The van der Waals surface area contributed by atoms with Crippen molar-refractivity contribution >= 4 is 21.9 Å².